The average Bonchev–Trinajstić information content (AvgIpc) is 2.99. The van der Waals surface area contributed by atoms with Crippen LogP contribution in [-0.2, 0) is 11.2 Å². The fourth-order valence-electron chi connectivity index (χ4n) is 1.85. The first-order valence-corrected chi connectivity index (χ1v) is 8.01. The number of carbonyl (C=O) groups is 1. The van der Waals surface area contributed by atoms with Crippen molar-refractivity contribution in [1.82, 2.24) is 16.0 Å². The summed E-state index contributed by atoms with van der Waals surface area (Å²) in [6, 6.07) is 3.86. The van der Waals surface area contributed by atoms with Gasteiger partial charge in [-0.25, -0.2) is 0 Å². The Labute approximate surface area is 132 Å². The number of furan rings is 1. The summed E-state index contributed by atoms with van der Waals surface area (Å²) in [5.74, 6) is 1.79. The summed E-state index contributed by atoms with van der Waals surface area (Å²) in [6.07, 6.45) is 5.61. The van der Waals surface area contributed by atoms with Crippen molar-refractivity contribution in [1.29, 1.82) is 0 Å². The molecule has 0 atom stereocenters. The first-order chi connectivity index (χ1) is 10.7. The number of hydrogen-bond donors (Lipinski definition) is 3. The molecule has 6 nitrogen and oxygen atoms in total. The zero-order chi connectivity index (χ0) is 16.0. The van der Waals surface area contributed by atoms with Crippen LogP contribution in [0.25, 0.3) is 0 Å². The monoisotopic (exact) mass is 308 g/mol. The molecule has 1 aromatic rings. The second-order valence-corrected chi connectivity index (χ2v) is 5.10. The molecule has 0 unspecified atom stereocenters. The van der Waals surface area contributed by atoms with Gasteiger partial charge in [-0.1, -0.05) is 13.3 Å². The number of nitrogens with one attached hydrogen (secondary N) is 3. The van der Waals surface area contributed by atoms with Gasteiger partial charge in [0.2, 0.25) is 5.91 Å². The highest BCUT2D eigenvalue weighted by Gasteiger charge is 2.00. The first kappa shape index (κ1) is 18.1. The van der Waals surface area contributed by atoms with Gasteiger partial charge < -0.3 is 20.4 Å². The molecule has 22 heavy (non-hydrogen) atoms. The Bertz CT molecular complexity index is 429. The summed E-state index contributed by atoms with van der Waals surface area (Å²) in [6.45, 7) is 6.72. The molecule has 0 aromatic carbocycles. The maximum absolute atomic E-state index is 10.8. The van der Waals surface area contributed by atoms with Crippen LogP contribution in [0.2, 0.25) is 0 Å². The van der Waals surface area contributed by atoms with E-state index in [9.17, 15) is 4.79 Å². The lowest BCUT2D eigenvalue weighted by atomic mass is 10.3. The molecule has 0 saturated carbocycles. The van der Waals surface area contributed by atoms with Crippen molar-refractivity contribution in [3.8, 4) is 0 Å². The molecule has 1 heterocycles. The quantitative estimate of drug-likeness (QED) is 0.349. The Kier molecular flexibility index (Phi) is 9.57. The standard InChI is InChI=1S/C16H28N4O2/c1-3-4-9-18-16(19-11-6-10-17-14(2)21)20-12-8-15-7-5-13-22-15/h5,7,13H,3-4,6,8-12H2,1-2H3,(H,17,21)(H2,18,19,20). The van der Waals surface area contributed by atoms with Gasteiger partial charge in [-0.05, 0) is 25.0 Å². The second kappa shape index (κ2) is 11.7. The number of rotatable bonds is 10. The normalized spacial score (nSPS) is 11.3. The topological polar surface area (TPSA) is 78.7 Å². The molecule has 0 bridgehead atoms. The molecule has 6 heteroatoms. The maximum atomic E-state index is 10.8. The second-order valence-electron chi connectivity index (χ2n) is 5.10. The van der Waals surface area contributed by atoms with Gasteiger partial charge in [0.1, 0.15) is 5.76 Å². The van der Waals surface area contributed by atoms with Crippen LogP contribution in [0.3, 0.4) is 0 Å². The molecule has 1 aromatic heterocycles. The van der Waals surface area contributed by atoms with Gasteiger partial charge in [0.15, 0.2) is 5.96 Å². The van der Waals surface area contributed by atoms with Crippen LogP contribution in [-0.4, -0.2) is 38.0 Å². The molecule has 0 saturated heterocycles. The van der Waals surface area contributed by atoms with E-state index in [-0.39, 0.29) is 5.91 Å². The van der Waals surface area contributed by atoms with Crippen LogP contribution < -0.4 is 16.0 Å². The van der Waals surface area contributed by atoms with Crippen molar-refractivity contribution >= 4 is 11.9 Å². The predicted octanol–water partition coefficient (Wildman–Crippen LogP) is 1.68. The van der Waals surface area contributed by atoms with Crippen molar-refractivity contribution < 1.29 is 9.21 Å². The van der Waals surface area contributed by atoms with Crippen LogP contribution in [0.15, 0.2) is 27.8 Å². The third-order valence-electron chi connectivity index (χ3n) is 3.05. The third kappa shape index (κ3) is 9.05. The van der Waals surface area contributed by atoms with Gasteiger partial charge in [-0.3, -0.25) is 9.79 Å². The minimum Gasteiger partial charge on any atom is -0.469 e. The van der Waals surface area contributed by atoms with E-state index in [4.69, 9.17) is 4.42 Å². The van der Waals surface area contributed by atoms with E-state index in [2.05, 4.69) is 27.9 Å². The molecular weight excluding hydrogens is 280 g/mol. The molecule has 0 radical (unpaired) electrons. The Morgan fingerprint density at radius 1 is 1.18 bits per heavy atom. The highest BCUT2D eigenvalue weighted by Crippen LogP contribution is 1.99. The average molecular weight is 308 g/mol. The minimum absolute atomic E-state index is 0.00171. The summed E-state index contributed by atoms with van der Waals surface area (Å²) >= 11 is 0. The van der Waals surface area contributed by atoms with Gasteiger partial charge in [0.25, 0.3) is 0 Å². The fourth-order valence-corrected chi connectivity index (χ4v) is 1.85. The van der Waals surface area contributed by atoms with Crippen LogP contribution in [0.1, 0.15) is 38.9 Å². The number of amides is 1. The van der Waals surface area contributed by atoms with Crippen molar-refractivity contribution in [3.05, 3.63) is 24.2 Å². The summed E-state index contributed by atoms with van der Waals surface area (Å²) in [5, 5.41) is 9.40. The maximum Gasteiger partial charge on any atom is 0.216 e. The van der Waals surface area contributed by atoms with Crippen LogP contribution in [0.4, 0.5) is 0 Å². The number of carbonyl (C=O) groups excluding carboxylic acids is 1. The van der Waals surface area contributed by atoms with E-state index in [1.807, 2.05) is 12.1 Å². The number of unbranched alkanes of at least 4 members (excludes halogenated alkanes) is 1. The van der Waals surface area contributed by atoms with E-state index >= 15 is 0 Å². The highest BCUT2D eigenvalue weighted by atomic mass is 16.3. The lowest BCUT2D eigenvalue weighted by Gasteiger charge is -2.12. The highest BCUT2D eigenvalue weighted by molar-refractivity contribution is 5.79. The Hall–Kier alpha value is -1.98. The van der Waals surface area contributed by atoms with Crippen molar-refractivity contribution in [2.75, 3.05) is 26.2 Å². The lowest BCUT2D eigenvalue weighted by Crippen LogP contribution is -2.39. The summed E-state index contributed by atoms with van der Waals surface area (Å²) in [5.41, 5.74) is 0. The van der Waals surface area contributed by atoms with E-state index in [0.717, 1.165) is 50.5 Å². The molecule has 1 amide bonds. The largest absolute Gasteiger partial charge is 0.469 e. The molecule has 0 aliphatic carbocycles. The molecule has 124 valence electrons. The molecule has 0 spiro atoms. The van der Waals surface area contributed by atoms with Crippen LogP contribution in [0, 0.1) is 0 Å². The van der Waals surface area contributed by atoms with Crippen molar-refractivity contribution in [3.63, 3.8) is 0 Å². The van der Waals surface area contributed by atoms with E-state index < -0.39 is 0 Å². The minimum atomic E-state index is 0.00171. The Morgan fingerprint density at radius 2 is 1.95 bits per heavy atom. The smallest absolute Gasteiger partial charge is 0.216 e. The summed E-state index contributed by atoms with van der Waals surface area (Å²) in [4.78, 5) is 15.3. The number of nitrogens with zero attached hydrogens (tertiary/aromatic N) is 1. The van der Waals surface area contributed by atoms with Gasteiger partial charge in [0, 0.05) is 39.5 Å². The van der Waals surface area contributed by atoms with Gasteiger partial charge in [0.05, 0.1) is 6.26 Å². The summed E-state index contributed by atoms with van der Waals surface area (Å²) < 4.78 is 5.31. The molecule has 1 rings (SSSR count). The Morgan fingerprint density at radius 3 is 2.64 bits per heavy atom. The van der Waals surface area contributed by atoms with Crippen LogP contribution in [0.5, 0.6) is 0 Å². The van der Waals surface area contributed by atoms with E-state index in [0.29, 0.717) is 13.1 Å². The number of guanidine groups is 1. The first-order valence-electron chi connectivity index (χ1n) is 8.01. The van der Waals surface area contributed by atoms with E-state index in [1.54, 1.807) is 6.26 Å². The molecule has 0 aliphatic rings. The van der Waals surface area contributed by atoms with Crippen molar-refractivity contribution in [2.45, 2.75) is 39.5 Å². The zero-order valence-corrected chi connectivity index (χ0v) is 13.7. The SMILES string of the molecule is CCCCNC(=NCCCNC(C)=O)NCCc1ccco1. The van der Waals surface area contributed by atoms with Gasteiger partial charge in [-0.2, -0.15) is 0 Å². The molecule has 0 aliphatic heterocycles. The predicted molar refractivity (Wildman–Crippen MR) is 88.9 cm³/mol. The molecule has 0 fully saturated rings. The van der Waals surface area contributed by atoms with Crippen LogP contribution >= 0.6 is 0 Å². The van der Waals surface area contributed by atoms with Gasteiger partial charge in [-0.15, -0.1) is 0 Å². The van der Waals surface area contributed by atoms with Gasteiger partial charge >= 0.3 is 0 Å². The number of aliphatic imine (C=N–C) groups is 1. The molecule has 3 N–H and O–H groups in total. The molecular formula is C16H28N4O2. The lowest BCUT2D eigenvalue weighted by molar-refractivity contribution is -0.118. The number of hydrogen-bond acceptors (Lipinski definition) is 3. The zero-order valence-electron chi connectivity index (χ0n) is 13.7. The Balaban J connectivity index is 2.28. The van der Waals surface area contributed by atoms with Crippen molar-refractivity contribution in [2.24, 2.45) is 4.99 Å². The fraction of sp³-hybridized carbons (Fsp3) is 0.625. The third-order valence-corrected chi connectivity index (χ3v) is 3.05. The van der Waals surface area contributed by atoms with E-state index in [1.165, 1.54) is 6.92 Å². The summed E-state index contributed by atoms with van der Waals surface area (Å²) in [7, 11) is 0.